The van der Waals surface area contributed by atoms with Crippen LogP contribution in [0.15, 0.2) is 54.6 Å². The quantitative estimate of drug-likeness (QED) is 0.331. The highest BCUT2D eigenvalue weighted by molar-refractivity contribution is 5.97. The number of hydrogen-bond acceptors (Lipinski definition) is 9. The van der Waals surface area contributed by atoms with Gasteiger partial charge in [-0.15, -0.1) is 0 Å². The van der Waals surface area contributed by atoms with Gasteiger partial charge in [-0.05, 0) is 57.0 Å². The third kappa shape index (κ3) is 6.29. The first-order chi connectivity index (χ1) is 19.9. The van der Waals surface area contributed by atoms with Gasteiger partial charge in [-0.25, -0.2) is 9.97 Å². The van der Waals surface area contributed by atoms with Gasteiger partial charge in [0.15, 0.2) is 17.3 Å². The zero-order valence-electron chi connectivity index (χ0n) is 23.7. The second-order valence-corrected chi connectivity index (χ2v) is 11.5. The van der Waals surface area contributed by atoms with Crippen LogP contribution in [-0.2, 0) is 0 Å². The summed E-state index contributed by atoms with van der Waals surface area (Å²) in [6.07, 6.45) is 3.35. The average molecular weight is 557 g/mol. The summed E-state index contributed by atoms with van der Waals surface area (Å²) in [5.74, 6) is 0.211. The lowest BCUT2D eigenvalue weighted by atomic mass is 9.89. The van der Waals surface area contributed by atoms with Crippen molar-refractivity contribution in [2.75, 3.05) is 61.8 Å². The van der Waals surface area contributed by atoms with Crippen LogP contribution in [-0.4, -0.2) is 95.3 Å². The van der Waals surface area contributed by atoms with Crippen LogP contribution in [0.25, 0.3) is 11.3 Å². The smallest absolute Gasteiger partial charge is 0.271 e. The molecule has 10 nitrogen and oxygen atoms in total. The Hall–Kier alpha value is -3.73. The lowest BCUT2D eigenvalue weighted by molar-refractivity contribution is 0.0835. The Morgan fingerprint density at radius 3 is 2.22 bits per heavy atom. The predicted octanol–water partition coefficient (Wildman–Crippen LogP) is 3.14. The molecule has 3 heterocycles. The van der Waals surface area contributed by atoms with Crippen LogP contribution in [0.5, 0.6) is 0 Å². The number of carbonyl (C=O) groups is 1. The first-order valence-electron chi connectivity index (χ1n) is 14.7. The van der Waals surface area contributed by atoms with Crippen LogP contribution in [0.2, 0.25) is 0 Å². The van der Waals surface area contributed by atoms with E-state index in [0.717, 1.165) is 37.4 Å². The Morgan fingerprint density at radius 2 is 1.59 bits per heavy atom. The molecule has 10 heteroatoms. The van der Waals surface area contributed by atoms with Gasteiger partial charge in [-0.3, -0.25) is 9.69 Å². The SMILES string of the molecule is CN1CCN(C2CCN(c3ccc(Nc4nc(N[C@H]5C[C@H](O)C5)c(-c5ccccc5)nc4C(N)=O)cc3)CC2)CC1. The molecular formula is C31H40N8O2. The number of benzene rings is 2. The number of rotatable bonds is 8. The molecule has 0 spiro atoms. The van der Waals surface area contributed by atoms with Crippen molar-refractivity contribution in [3.05, 3.63) is 60.3 Å². The van der Waals surface area contributed by atoms with Gasteiger partial charge in [0.25, 0.3) is 5.91 Å². The van der Waals surface area contributed by atoms with Crippen molar-refractivity contribution in [3.63, 3.8) is 0 Å². The third-order valence-electron chi connectivity index (χ3n) is 8.64. The highest BCUT2D eigenvalue weighted by atomic mass is 16.3. The molecular weight excluding hydrogens is 516 g/mol. The van der Waals surface area contributed by atoms with Crippen LogP contribution in [0, 0.1) is 0 Å². The van der Waals surface area contributed by atoms with E-state index < -0.39 is 5.91 Å². The van der Waals surface area contributed by atoms with E-state index in [9.17, 15) is 9.90 Å². The third-order valence-corrected chi connectivity index (χ3v) is 8.64. The second-order valence-electron chi connectivity index (χ2n) is 11.5. The number of piperazine rings is 1. The number of likely N-dealkylation sites (N-methyl/N-ethyl adjacent to an activating group) is 1. The predicted molar refractivity (Wildman–Crippen MR) is 163 cm³/mol. The van der Waals surface area contributed by atoms with E-state index in [0.29, 0.717) is 36.2 Å². The Labute approximate surface area is 241 Å². The van der Waals surface area contributed by atoms with Crippen molar-refractivity contribution in [1.82, 2.24) is 19.8 Å². The summed E-state index contributed by atoms with van der Waals surface area (Å²) in [5.41, 5.74) is 9.23. The molecule has 5 N–H and O–H groups in total. The number of anilines is 4. The summed E-state index contributed by atoms with van der Waals surface area (Å²) in [7, 11) is 2.21. The van der Waals surface area contributed by atoms with Gasteiger partial charge in [0.2, 0.25) is 0 Å². The summed E-state index contributed by atoms with van der Waals surface area (Å²) in [6.45, 7) is 6.76. The van der Waals surface area contributed by atoms with E-state index in [1.807, 2.05) is 42.5 Å². The lowest BCUT2D eigenvalue weighted by Gasteiger charge is -2.42. The average Bonchev–Trinajstić information content (AvgIpc) is 2.98. The van der Waals surface area contributed by atoms with Gasteiger partial charge in [-0.1, -0.05) is 30.3 Å². The number of aliphatic hydroxyl groups is 1. The molecule has 0 atom stereocenters. The van der Waals surface area contributed by atoms with Crippen molar-refractivity contribution >= 4 is 28.9 Å². The van der Waals surface area contributed by atoms with Gasteiger partial charge in [0, 0.05) is 68.3 Å². The van der Waals surface area contributed by atoms with E-state index in [2.05, 4.69) is 49.5 Å². The minimum atomic E-state index is -0.650. The van der Waals surface area contributed by atoms with Crippen LogP contribution >= 0.6 is 0 Å². The molecule has 0 unspecified atom stereocenters. The van der Waals surface area contributed by atoms with E-state index in [1.165, 1.54) is 31.6 Å². The van der Waals surface area contributed by atoms with Crippen LogP contribution in [0.3, 0.4) is 0 Å². The molecule has 0 bridgehead atoms. The number of carbonyl (C=O) groups excluding carboxylic acids is 1. The van der Waals surface area contributed by atoms with Gasteiger partial charge < -0.3 is 31.3 Å². The van der Waals surface area contributed by atoms with E-state index in [-0.39, 0.29) is 17.8 Å². The number of aromatic nitrogens is 2. The van der Waals surface area contributed by atoms with Gasteiger partial charge >= 0.3 is 0 Å². The molecule has 41 heavy (non-hydrogen) atoms. The monoisotopic (exact) mass is 556 g/mol. The number of hydrogen-bond donors (Lipinski definition) is 4. The van der Waals surface area contributed by atoms with E-state index in [1.54, 1.807) is 0 Å². The van der Waals surface area contributed by atoms with E-state index in [4.69, 9.17) is 10.7 Å². The highest BCUT2D eigenvalue weighted by Crippen LogP contribution is 2.33. The maximum atomic E-state index is 12.5. The molecule has 2 aromatic carbocycles. The van der Waals surface area contributed by atoms with Crippen molar-refractivity contribution in [3.8, 4) is 11.3 Å². The zero-order valence-corrected chi connectivity index (χ0v) is 23.7. The van der Waals surface area contributed by atoms with Crippen molar-refractivity contribution in [2.45, 2.75) is 43.9 Å². The number of piperidine rings is 1. The fourth-order valence-electron chi connectivity index (χ4n) is 6.06. The minimum Gasteiger partial charge on any atom is -0.393 e. The summed E-state index contributed by atoms with van der Waals surface area (Å²) in [6, 6.07) is 18.6. The summed E-state index contributed by atoms with van der Waals surface area (Å²) in [4.78, 5) is 29.5. The van der Waals surface area contributed by atoms with Gasteiger partial charge in [0.1, 0.15) is 5.69 Å². The normalized spacial score (nSPS) is 22.2. The molecule has 3 aliphatic rings. The zero-order chi connectivity index (χ0) is 28.3. The Bertz CT molecular complexity index is 1330. The topological polar surface area (TPSA) is 123 Å². The fraction of sp³-hybridized carbons (Fsp3) is 0.452. The Kier molecular flexibility index (Phi) is 8.04. The van der Waals surface area contributed by atoms with Crippen molar-refractivity contribution < 1.29 is 9.90 Å². The number of primary amides is 1. The summed E-state index contributed by atoms with van der Waals surface area (Å²) >= 11 is 0. The Morgan fingerprint density at radius 1 is 0.902 bits per heavy atom. The summed E-state index contributed by atoms with van der Waals surface area (Å²) in [5, 5.41) is 16.5. The molecule has 0 radical (unpaired) electrons. The molecule has 2 saturated heterocycles. The molecule has 2 aliphatic heterocycles. The molecule has 3 fully saturated rings. The highest BCUT2D eigenvalue weighted by Gasteiger charge is 2.30. The Balaban J connectivity index is 1.17. The number of nitrogens with two attached hydrogens (primary N) is 1. The molecule has 1 saturated carbocycles. The molecule has 6 rings (SSSR count). The maximum Gasteiger partial charge on any atom is 0.271 e. The largest absolute Gasteiger partial charge is 0.393 e. The number of nitrogens with one attached hydrogen (secondary N) is 2. The van der Waals surface area contributed by atoms with Gasteiger partial charge in [0.05, 0.1) is 6.10 Å². The van der Waals surface area contributed by atoms with Crippen LogP contribution in [0.1, 0.15) is 36.2 Å². The molecule has 1 amide bonds. The fourth-order valence-corrected chi connectivity index (χ4v) is 6.06. The van der Waals surface area contributed by atoms with E-state index >= 15 is 0 Å². The molecule has 1 aliphatic carbocycles. The first-order valence-corrected chi connectivity index (χ1v) is 14.7. The van der Waals surface area contributed by atoms with Crippen molar-refractivity contribution in [1.29, 1.82) is 0 Å². The van der Waals surface area contributed by atoms with Crippen LogP contribution < -0.4 is 21.3 Å². The van der Waals surface area contributed by atoms with Crippen LogP contribution in [0.4, 0.5) is 23.0 Å². The molecule has 3 aromatic rings. The molecule has 1 aromatic heterocycles. The summed E-state index contributed by atoms with van der Waals surface area (Å²) < 4.78 is 0. The first kappa shape index (κ1) is 27.4. The number of amides is 1. The standard InChI is InChI=1S/C31H40N8O2/c1-37-15-17-39(18-16-37)25-11-13-38(14-12-25)24-9-7-22(8-10-24)33-31-28(29(32)41)35-27(21-5-3-2-4-6-21)30(36-31)34-23-19-26(40)20-23/h2-10,23,25-26,40H,11-20H2,1H3,(H2,32,41)(H2,33,34,36)/t23-,26-. The number of nitrogens with zero attached hydrogens (tertiary/aromatic N) is 5. The maximum absolute atomic E-state index is 12.5. The number of aliphatic hydroxyl groups excluding tert-OH is 1. The van der Waals surface area contributed by atoms with Crippen molar-refractivity contribution in [2.24, 2.45) is 5.73 Å². The molecule has 216 valence electrons. The van der Waals surface area contributed by atoms with Gasteiger partial charge in [-0.2, -0.15) is 0 Å². The minimum absolute atomic E-state index is 0.0816. The second kappa shape index (κ2) is 12.0. The lowest BCUT2D eigenvalue weighted by Crippen LogP contribution is -2.52.